The van der Waals surface area contributed by atoms with Crippen molar-refractivity contribution in [2.75, 3.05) is 0 Å². The Morgan fingerprint density at radius 2 is 2.14 bits per heavy atom. The molecule has 1 aliphatic carbocycles. The molecule has 114 valence electrons. The highest BCUT2D eigenvalue weighted by Gasteiger charge is 2.37. The molecule has 0 spiro atoms. The van der Waals surface area contributed by atoms with Crippen LogP contribution in [0.25, 0.3) is 0 Å². The summed E-state index contributed by atoms with van der Waals surface area (Å²) in [5.74, 6) is 0. The van der Waals surface area contributed by atoms with Crippen LogP contribution < -0.4 is 5.73 Å². The average Bonchev–Trinajstić information content (AvgIpc) is 3.03. The molecule has 1 aliphatic rings. The van der Waals surface area contributed by atoms with Crippen molar-refractivity contribution in [3.63, 3.8) is 0 Å². The zero-order valence-corrected chi connectivity index (χ0v) is 14.4. The maximum absolute atomic E-state index is 6.52. The zero-order chi connectivity index (χ0) is 14.8. The van der Waals surface area contributed by atoms with Crippen LogP contribution in [0.5, 0.6) is 0 Å². The number of hydrogen-bond donors (Lipinski definition) is 1. The molecule has 2 aromatic rings. The Kier molecular flexibility index (Phi) is 4.79. The molecule has 2 N–H and O–H groups in total. The second-order valence-corrected chi connectivity index (χ2v) is 8.10. The molecular formula is C17H24N2S2. The predicted octanol–water partition coefficient (Wildman–Crippen LogP) is 4.56. The van der Waals surface area contributed by atoms with Gasteiger partial charge in [-0.25, -0.2) is 0 Å². The second kappa shape index (κ2) is 6.61. The maximum Gasteiger partial charge on any atom is 0.0598 e. The Bertz CT molecular complexity index is 557. The summed E-state index contributed by atoms with van der Waals surface area (Å²) in [5.41, 5.74) is 7.95. The Hall–Kier alpha value is -0.680. The van der Waals surface area contributed by atoms with Gasteiger partial charge < -0.3 is 5.73 Å². The van der Waals surface area contributed by atoms with Crippen LogP contribution in [-0.4, -0.2) is 17.0 Å². The molecule has 3 rings (SSSR count). The van der Waals surface area contributed by atoms with Gasteiger partial charge in [0, 0.05) is 28.4 Å². The van der Waals surface area contributed by atoms with Crippen molar-refractivity contribution < 1.29 is 0 Å². The van der Waals surface area contributed by atoms with Gasteiger partial charge in [-0.3, -0.25) is 4.90 Å². The van der Waals surface area contributed by atoms with E-state index in [9.17, 15) is 0 Å². The fourth-order valence-corrected chi connectivity index (χ4v) is 4.64. The standard InChI is InChI=1S/C17H24N2S2/c1-3-15(18)17(16-7-4-12(2)21-16)19(14-5-6-14)10-13-8-9-20-11-13/h4,7-9,11,14-15,17H,3,5-6,10,18H2,1-2H3. The first-order valence-corrected chi connectivity index (χ1v) is 9.53. The van der Waals surface area contributed by atoms with Gasteiger partial charge in [-0.05, 0) is 60.7 Å². The Balaban J connectivity index is 1.88. The molecule has 0 amide bonds. The lowest BCUT2D eigenvalue weighted by atomic mass is 10.0. The third-order valence-electron chi connectivity index (χ3n) is 4.25. The summed E-state index contributed by atoms with van der Waals surface area (Å²) in [7, 11) is 0. The topological polar surface area (TPSA) is 29.3 Å². The Morgan fingerprint density at radius 1 is 1.33 bits per heavy atom. The van der Waals surface area contributed by atoms with E-state index in [0.717, 1.165) is 19.0 Å². The first-order valence-electron chi connectivity index (χ1n) is 7.77. The van der Waals surface area contributed by atoms with E-state index in [4.69, 9.17) is 5.73 Å². The summed E-state index contributed by atoms with van der Waals surface area (Å²) < 4.78 is 0. The minimum absolute atomic E-state index is 0.210. The van der Waals surface area contributed by atoms with Crippen molar-refractivity contribution in [3.05, 3.63) is 44.3 Å². The molecule has 1 saturated carbocycles. The molecule has 2 heterocycles. The average molecular weight is 321 g/mol. The van der Waals surface area contributed by atoms with Gasteiger partial charge in [0.25, 0.3) is 0 Å². The number of rotatable bonds is 7. The number of nitrogens with zero attached hydrogens (tertiary/aromatic N) is 1. The third kappa shape index (κ3) is 3.57. The van der Waals surface area contributed by atoms with E-state index in [1.54, 1.807) is 11.3 Å². The second-order valence-electron chi connectivity index (χ2n) is 6.00. The number of thiophene rings is 2. The fourth-order valence-electron chi connectivity index (χ4n) is 2.91. The summed E-state index contributed by atoms with van der Waals surface area (Å²) in [6.07, 6.45) is 3.66. The third-order valence-corrected chi connectivity index (χ3v) is 6.05. The molecule has 0 saturated heterocycles. The number of nitrogens with two attached hydrogens (primary N) is 1. The van der Waals surface area contributed by atoms with Crippen LogP contribution in [0.4, 0.5) is 0 Å². The minimum Gasteiger partial charge on any atom is -0.326 e. The fraction of sp³-hybridized carbons (Fsp3) is 0.529. The largest absolute Gasteiger partial charge is 0.326 e. The lowest BCUT2D eigenvalue weighted by Gasteiger charge is -2.35. The molecule has 0 aromatic carbocycles. The number of aryl methyl sites for hydroxylation is 1. The smallest absolute Gasteiger partial charge is 0.0598 e. The van der Waals surface area contributed by atoms with Crippen LogP contribution in [0.3, 0.4) is 0 Å². The van der Waals surface area contributed by atoms with Crippen molar-refractivity contribution >= 4 is 22.7 Å². The number of hydrogen-bond acceptors (Lipinski definition) is 4. The van der Waals surface area contributed by atoms with Gasteiger partial charge in [0.2, 0.25) is 0 Å². The normalized spacial score (nSPS) is 18.1. The van der Waals surface area contributed by atoms with E-state index in [-0.39, 0.29) is 6.04 Å². The van der Waals surface area contributed by atoms with E-state index in [2.05, 4.69) is 47.7 Å². The predicted molar refractivity (Wildman–Crippen MR) is 92.9 cm³/mol. The summed E-state index contributed by atoms with van der Waals surface area (Å²) >= 11 is 3.69. The van der Waals surface area contributed by atoms with Crippen LogP contribution >= 0.6 is 22.7 Å². The maximum atomic E-state index is 6.52. The molecule has 2 unspecified atom stereocenters. The highest BCUT2D eigenvalue weighted by atomic mass is 32.1. The van der Waals surface area contributed by atoms with Gasteiger partial charge >= 0.3 is 0 Å². The summed E-state index contributed by atoms with van der Waals surface area (Å²) in [6.45, 7) is 5.42. The highest BCUT2D eigenvalue weighted by Crippen LogP contribution is 2.39. The highest BCUT2D eigenvalue weighted by molar-refractivity contribution is 7.12. The summed E-state index contributed by atoms with van der Waals surface area (Å²) in [4.78, 5) is 5.47. The molecule has 2 atom stereocenters. The zero-order valence-electron chi connectivity index (χ0n) is 12.8. The summed E-state index contributed by atoms with van der Waals surface area (Å²) in [6, 6.07) is 8.04. The first kappa shape index (κ1) is 15.2. The van der Waals surface area contributed by atoms with Gasteiger partial charge in [0.05, 0.1) is 6.04 Å². The lowest BCUT2D eigenvalue weighted by Crippen LogP contribution is -2.41. The minimum atomic E-state index is 0.210. The Morgan fingerprint density at radius 3 is 2.67 bits per heavy atom. The van der Waals surface area contributed by atoms with Crippen LogP contribution in [0.1, 0.15) is 47.5 Å². The SMILES string of the molecule is CCC(N)C(c1ccc(C)s1)N(Cc1ccsc1)C1CC1. The molecular weight excluding hydrogens is 296 g/mol. The molecule has 4 heteroatoms. The molecule has 0 bridgehead atoms. The molecule has 2 nitrogen and oxygen atoms in total. The van der Waals surface area contributed by atoms with Crippen molar-refractivity contribution in [3.8, 4) is 0 Å². The van der Waals surface area contributed by atoms with Gasteiger partial charge in [0.1, 0.15) is 0 Å². The van der Waals surface area contributed by atoms with Crippen molar-refractivity contribution in [2.24, 2.45) is 5.73 Å². The van der Waals surface area contributed by atoms with E-state index >= 15 is 0 Å². The van der Waals surface area contributed by atoms with Crippen LogP contribution in [0.15, 0.2) is 29.0 Å². The van der Waals surface area contributed by atoms with Gasteiger partial charge in [0.15, 0.2) is 0 Å². The molecule has 21 heavy (non-hydrogen) atoms. The van der Waals surface area contributed by atoms with Crippen LogP contribution in [0.2, 0.25) is 0 Å². The summed E-state index contributed by atoms with van der Waals surface area (Å²) in [5, 5.41) is 4.44. The molecule has 0 radical (unpaired) electrons. The van der Waals surface area contributed by atoms with E-state index < -0.39 is 0 Å². The van der Waals surface area contributed by atoms with E-state index in [0.29, 0.717) is 6.04 Å². The molecule has 1 fully saturated rings. The monoisotopic (exact) mass is 320 g/mol. The molecule has 2 aromatic heterocycles. The van der Waals surface area contributed by atoms with Crippen molar-refractivity contribution in [2.45, 2.75) is 57.8 Å². The molecule has 0 aliphatic heterocycles. The Labute approximate surface area is 135 Å². The van der Waals surface area contributed by atoms with Gasteiger partial charge in [-0.15, -0.1) is 11.3 Å². The van der Waals surface area contributed by atoms with Crippen molar-refractivity contribution in [1.82, 2.24) is 4.90 Å². The van der Waals surface area contributed by atoms with Gasteiger partial charge in [-0.1, -0.05) is 6.92 Å². The first-order chi connectivity index (χ1) is 10.2. The van der Waals surface area contributed by atoms with Crippen molar-refractivity contribution in [1.29, 1.82) is 0 Å². The van der Waals surface area contributed by atoms with E-state index in [1.807, 2.05) is 11.3 Å². The van der Waals surface area contributed by atoms with Crippen LogP contribution in [0, 0.1) is 6.92 Å². The van der Waals surface area contributed by atoms with Gasteiger partial charge in [-0.2, -0.15) is 11.3 Å². The lowest BCUT2D eigenvalue weighted by molar-refractivity contribution is 0.153. The van der Waals surface area contributed by atoms with Crippen LogP contribution in [-0.2, 0) is 6.54 Å². The van der Waals surface area contributed by atoms with E-state index in [1.165, 1.54) is 28.2 Å². The quantitative estimate of drug-likeness (QED) is 0.810.